The number of aromatic hydroxyl groups is 2. The lowest BCUT2D eigenvalue weighted by Gasteiger charge is -2.22. The molecule has 8 nitrogen and oxygen atoms in total. The van der Waals surface area contributed by atoms with Crippen LogP contribution in [0.3, 0.4) is 0 Å². The lowest BCUT2D eigenvalue weighted by atomic mass is 9.81. The topological polar surface area (TPSA) is 130 Å². The maximum absolute atomic E-state index is 13.3. The summed E-state index contributed by atoms with van der Waals surface area (Å²) in [7, 11) is 0. The Kier molecular flexibility index (Phi) is 4.69. The van der Waals surface area contributed by atoms with Gasteiger partial charge in [0.05, 0.1) is 27.3 Å². The van der Waals surface area contributed by atoms with E-state index in [0.717, 1.165) is 17.7 Å². The largest absolute Gasteiger partial charge is 0.507 e. The number of phenolic OH excluding ortho intramolecular Hbond substituents is 2. The number of hydrogen-bond acceptors (Lipinski definition) is 7. The second-order valence-corrected chi connectivity index (χ2v) is 7.55. The zero-order valence-corrected chi connectivity index (χ0v) is 16.7. The summed E-state index contributed by atoms with van der Waals surface area (Å²) in [5.41, 5.74) is -0.0795. The fraction of sp³-hybridized carbons (Fsp3) is 0.130. The molecule has 3 N–H and O–H groups in total. The van der Waals surface area contributed by atoms with E-state index in [1.165, 1.54) is 12.1 Å². The molecule has 1 aliphatic carbocycles. The molecule has 0 fully saturated rings. The van der Waals surface area contributed by atoms with Crippen LogP contribution < -0.4 is 5.32 Å². The molecule has 0 spiro atoms. The highest BCUT2D eigenvalue weighted by atomic mass is 16.6. The summed E-state index contributed by atoms with van der Waals surface area (Å²) in [5.74, 6) is -2.37. The quantitative estimate of drug-likeness (QED) is 0.250. The highest BCUT2D eigenvalue weighted by molar-refractivity contribution is 6.33. The number of nitro benzene ring substituents is 1. The molecular weight excluding hydrogens is 400 g/mol. The van der Waals surface area contributed by atoms with Crippen LogP contribution in [0.25, 0.3) is 0 Å². The fourth-order valence-electron chi connectivity index (χ4n) is 3.71. The van der Waals surface area contributed by atoms with Crippen molar-refractivity contribution in [3.63, 3.8) is 0 Å². The standard InChI is InChI=1S/C23H18N2O6/c1-11(2)12-3-5-13(6-4-12)24-14-7-9-16(26)20-18(14)22(28)21-17(27)10-8-15(25(30)31)19(21)23(20)29/h3-11,24,26-27H,1-2H3. The third kappa shape index (κ3) is 3.18. The first-order valence-corrected chi connectivity index (χ1v) is 9.53. The number of rotatable bonds is 4. The van der Waals surface area contributed by atoms with Gasteiger partial charge in [-0.05, 0) is 41.8 Å². The molecule has 0 unspecified atom stereocenters. The van der Waals surface area contributed by atoms with Gasteiger partial charge in [0, 0.05) is 11.8 Å². The summed E-state index contributed by atoms with van der Waals surface area (Å²) in [4.78, 5) is 37.0. The van der Waals surface area contributed by atoms with E-state index >= 15 is 0 Å². The minimum Gasteiger partial charge on any atom is -0.507 e. The molecule has 0 atom stereocenters. The molecular formula is C23H18N2O6. The van der Waals surface area contributed by atoms with E-state index in [-0.39, 0.29) is 16.8 Å². The minimum atomic E-state index is -0.900. The molecule has 0 aliphatic heterocycles. The van der Waals surface area contributed by atoms with Crippen molar-refractivity contribution in [1.29, 1.82) is 0 Å². The van der Waals surface area contributed by atoms with Crippen LogP contribution in [0.15, 0.2) is 48.5 Å². The summed E-state index contributed by atoms with van der Waals surface area (Å²) in [6.07, 6.45) is 0. The SMILES string of the molecule is CC(C)c1ccc(Nc2ccc(O)c3c2C(=O)c2c(O)ccc([N+](=O)[O-])c2C3=O)cc1. The van der Waals surface area contributed by atoms with Gasteiger partial charge in [0.1, 0.15) is 17.1 Å². The Morgan fingerprint density at radius 2 is 1.35 bits per heavy atom. The van der Waals surface area contributed by atoms with Gasteiger partial charge in [-0.15, -0.1) is 0 Å². The van der Waals surface area contributed by atoms with E-state index in [0.29, 0.717) is 11.6 Å². The van der Waals surface area contributed by atoms with Crippen molar-refractivity contribution in [2.45, 2.75) is 19.8 Å². The van der Waals surface area contributed by atoms with E-state index in [1.807, 2.05) is 24.3 Å². The zero-order chi connectivity index (χ0) is 22.4. The van der Waals surface area contributed by atoms with E-state index < -0.39 is 44.8 Å². The second kappa shape index (κ2) is 7.24. The molecule has 0 saturated carbocycles. The number of carbonyl (C=O) groups excluding carboxylic acids is 2. The number of anilines is 2. The molecule has 31 heavy (non-hydrogen) atoms. The Morgan fingerprint density at radius 3 is 1.94 bits per heavy atom. The number of fused-ring (bicyclic) bond motifs is 2. The van der Waals surface area contributed by atoms with E-state index in [4.69, 9.17) is 0 Å². The molecule has 0 radical (unpaired) electrons. The van der Waals surface area contributed by atoms with Crippen molar-refractivity contribution in [2.24, 2.45) is 0 Å². The van der Waals surface area contributed by atoms with Crippen LogP contribution in [0.5, 0.6) is 11.5 Å². The molecule has 0 saturated heterocycles. The van der Waals surface area contributed by atoms with Crippen molar-refractivity contribution < 1.29 is 24.7 Å². The molecule has 3 aromatic rings. The minimum absolute atomic E-state index is 0.152. The number of ketones is 2. The smallest absolute Gasteiger partial charge is 0.281 e. The van der Waals surface area contributed by atoms with Crippen LogP contribution in [0, 0.1) is 10.1 Å². The number of nitrogens with zero attached hydrogens (tertiary/aromatic N) is 1. The zero-order valence-electron chi connectivity index (χ0n) is 16.7. The number of phenols is 2. The predicted molar refractivity (Wildman–Crippen MR) is 114 cm³/mol. The van der Waals surface area contributed by atoms with Crippen LogP contribution in [0.1, 0.15) is 57.2 Å². The Hall–Kier alpha value is -4.20. The summed E-state index contributed by atoms with van der Waals surface area (Å²) < 4.78 is 0. The third-order valence-electron chi connectivity index (χ3n) is 5.31. The lowest BCUT2D eigenvalue weighted by Crippen LogP contribution is -2.23. The number of carbonyl (C=O) groups is 2. The highest BCUT2D eigenvalue weighted by Gasteiger charge is 2.40. The monoisotopic (exact) mass is 418 g/mol. The molecule has 3 aromatic carbocycles. The maximum Gasteiger partial charge on any atom is 0.281 e. The summed E-state index contributed by atoms with van der Waals surface area (Å²) in [6.45, 7) is 4.12. The van der Waals surface area contributed by atoms with Gasteiger partial charge in [-0.2, -0.15) is 0 Å². The van der Waals surface area contributed by atoms with Gasteiger partial charge in [-0.25, -0.2) is 0 Å². The van der Waals surface area contributed by atoms with Crippen LogP contribution in [-0.4, -0.2) is 26.7 Å². The molecule has 4 rings (SSSR count). The fourth-order valence-corrected chi connectivity index (χ4v) is 3.71. The van der Waals surface area contributed by atoms with Gasteiger partial charge >= 0.3 is 0 Å². The van der Waals surface area contributed by atoms with Gasteiger partial charge in [0.25, 0.3) is 5.69 Å². The van der Waals surface area contributed by atoms with E-state index in [1.54, 1.807) is 0 Å². The average molecular weight is 418 g/mol. The van der Waals surface area contributed by atoms with Gasteiger partial charge in [0.2, 0.25) is 11.6 Å². The van der Waals surface area contributed by atoms with Gasteiger partial charge in [0.15, 0.2) is 0 Å². The van der Waals surface area contributed by atoms with Crippen molar-refractivity contribution >= 4 is 28.6 Å². The predicted octanol–water partition coefficient (Wildman–Crippen LogP) is 4.65. The Morgan fingerprint density at radius 1 is 0.806 bits per heavy atom. The van der Waals surface area contributed by atoms with Crippen LogP contribution in [0.4, 0.5) is 17.1 Å². The summed E-state index contributed by atoms with van der Waals surface area (Å²) in [6, 6.07) is 12.1. The molecule has 0 amide bonds. The van der Waals surface area contributed by atoms with Crippen LogP contribution in [-0.2, 0) is 0 Å². The normalized spacial score (nSPS) is 12.5. The van der Waals surface area contributed by atoms with Crippen LogP contribution in [0.2, 0.25) is 0 Å². The van der Waals surface area contributed by atoms with Crippen molar-refractivity contribution in [3.05, 3.63) is 86.5 Å². The van der Waals surface area contributed by atoms with Gasteiger partial charge < -0.3 is 15.5 Å². The highest BCUT2D eigenvalue weighted by Crippen LogP contribution is 2.43. The Bertz CT molecular complexity index is 1260. The molecule has 8 heteroatoms. The number of nitro groups is 1. The first kappa shape index (κ1) is 20.1. The lowest BCUT2D eigenvalue weighted by molar-refractivity contribution is -0.385. The molecule has 0 heterocycles. The first-order valence-electron chi connectivity index (χ1n) is 9.53. The van der Waals surface area contributed by atoms with Gasteiger partial charge in [-0.3, -0.25) is 19.7 Å². The number of nitrogens with one attached hydrogen (secondary N) is 1. The average Bonchev–Trinajstić information content (AvgIpc) is 2.73. The number of benzene rings is 3. The van der Waals surface area contributed by atoms with Crippen molar-refractivity contribution in [2.75, 3.05) is 5.32 Å². The number of hydrogen-bond donors (Lipinski definition) is 3. The molecule has 0 aromatic heterocycles. The first-order chi connectivity index (χ1) is 14.7. The van der Waals surface area contributed by atoms with E-state index in [2.05, 4.69) is 19.2 Å². The molecule has 156 valence electrons. The second-order valence-electron chi connectivity index (χ2n) is 7.55. The summed E-state index contributed by atoms with van der Waals surface area (Å²) in [5, 5.41) is 35.0. The summed E-state index contributed by atoms with van der Waals surface area (Å²) >= 11 is 0. The molecule has 0 bridgehead atoms. The van der Waals surface area contributed by atoms with Gasteiger partial charge in [-0.1, -0.05) is 26.0 Å². The van der Waals surface area contributed by atoms with Crippen molar-refractivity contribution in [1.82, 2.24) is 0 Å². The molecule has 1 aliphatic rings. The third-order valence-corrected chi connectivity index (χ3v) is 5.31. The Labute approximate surface area is 176 Å². The van der Waals surface area contributed by atoms with Crippen LogP contribution >= 0.6 is 0 Å². The van der Waals surface area contributed by atoms with E-state index in [9.17, 15) is 29.9 Å². The van der Waals surface area contributed by atoms with Crippen molar-refractivity contribution in [3.8, 4) is 11.5 Å². The maximum atomic E-state index is 13.3. The Balaban J connectivity index is 1.88.